The van der Waals surface area contributed by atoms with Crippen molar-refractivity contribution in [1.29, 1.82) is 0 Å². The summed E-state index contributed by atoms with van der Waals surface area (Å²) in [5.74, 6) is 1.32. The van der Waals surface area contributed by atoms with Crippen LogP contribution in [0.5, 0.6) is 0 Å². The number of aliphatic imine (C=N–C) groups is 1. The first-order chi connectivity index (χ1) is 13.9. The Morgan fingerprint density at radius 1 is 1.13 bits per heavy atom. The maximum absolute atomic E-state index is 12.9. The number of hydrogen-bond acceptors (Lipinski definition) is 3. The third kappa shape index (κ3) is 6.07. The van der Waals surface area contributed by atoms with E-state index in [0.29, 0.717) is 31.0 Å². The summed E-state index contributed by atoms with van der Waals surface area (Å²) in [7, 11) is 1.66. The lowest BCUT2D eigenvalue weighted by molar-refractivity contribution is -0.137. The van der Waals surface area contributed by atoms with Gasteiger partial charge in [-0.2, -0.15) is 13.2 Å². The second-order valence-electron chi connectivity index (χ2n) is 6.71. The summed E-state index contributed by atoms with van der Waals surface area (Å²) in [5, 5.41) is 14.6. The molecule has 30 heavy (non-hydrogen) atoms. The molecular formula is C20H24F3IN6. The highest BCUT2D eigenvalue weighted by molar-refractivity contribution is 14.0. The summed E-state index contributed by atoms with van der Waals surface area (Å²) >= 11 is 0. The van der Waals surface area contributed by atoms with Gasteiger partial charge in [-0.1, -0.05) is 31.2 Å². The second-order valence-corrected chi connectivity index (χ2v) is 6.71. The van der Waals surface area contributed by atoms with Crippen molar-refractivity contribution in [2.75, 3.05) is 13.6 Å². The summed E-state index contributed by atoms with van der Waals surface area (Å²) in [4.78, 5) is 4.17. The van der Waals surface area contributed by atoms with Crippen LogP contribution in [-0.4, -0.2) is 34.2 Å². The average molecular weight is 532 g/mol. The van der Waals surface area contributed by atoms with E-state index in [1.807, 2.05) is 35.7 Å². The molecule has 2 N–H and O–H groups in total. The van der Waals surface area contributed by atoms with E-state index in [-0.39, 0.29) is 29.9 Å². The minimum absolute atomic E-state index is 0. The zero-order valence-electron chi connectivity index (χ0n) is 16.6. The van der Waals surface area contributed by atoms with Crippen LogP contribution in [0.25, 0.3) is 5.65 Å². The smallest absolute Gasteiger partial charge is 0.356 e. The van der Waals surface area contributed by atoms with Crippen LogP contribution in [0.3, 0.4) is 0 Å². The van der Waals surface area contributed by atoms with E-state index in [9.17, 15) is 13.2 Å². The molecule has 2 aromatic heterocycles. The number of hydrogen-bond donors (Lipinski definition) is 2. The van der Waals surface area contributed by atoms with Crippen LogP contribution in [0.1, 0.15) is 36.2 Å². The van der Waals surface area contributed by atoms with Crippen molar-refractivity contribution >= 4 is 35.6 Å². The van der Waals surface area contributed by atoms with Crippen LogP contribution in [0, 0.1) is 0 Å². The summed E-state index contributed by atoms with van der Waals surface area (Å²) in [5.41, 5.74) is 0.814. The standard InChI is InChI=1S/C20H23F3N6.HI/c1-14(15-6-5-7-16(12-15)20(21,22)23)9-10-25-19(24-2)26-13-18-28-27-17-8-3-4-11-29(17)18;/h3-8,11-12,14H,9-10,13H2,1-2H3,(H2,24,25,26);1H. The summed E-state index contributed by atoms with van der Waals surface area (Å²) in [6.45, 7) is 2.92. The summed E-state index contributed by atoms with van der Waals surface area (Å²) < 4.78 is 40.5. The molecule has 10 heteroatoms. The van der Waals surface area contributed by atoms with Gasteiger partial charge in [0.25, 0.3) is 0 Å². The SMILES string of the molecule is CN=C(NCCC(C)c1cccc(C(F)(F)F)c1)NCc1nnc2ccccn12.I. The van der Waals surface area contributed by atoms with Crippen molar-refractivity contribution in [1.82, 2.24) is 25.2 Å². The molecule has 0 amide bonds. The van der Waals surface area contributed by atoms with Gasteiger partial charge < -0.3 is 10.6 Å². The van der Waals surface area contributed by atoms with Gasteiger partial charge in [-0.15, -0.1) is 34.2 Å². The molecule has 0 bridgehead atoms. The number of rotatable bonds is 6. The van der Waals surface area contributed by atoms with Gasteiger partial charge in [0.05, 0.1) is 12.1 Å². The molecule has 0 aliphatic rings. The number of fused-ring (bicyclic) bond motifs is 1. The minimum atomic E-state index is -4.33. The molecule has 0 spiro atoms. The normalized spacial score (nSPS) is 13.0. The Bertz CT molecular complexity index is 986. The van der Waals surface area contributed by atoms with E-state index in [4.69, 9.17) is 0 Å². The Morgan fingerprint density at radius 3 is 2.67 bits per heavy atom. The molecule has 1 aromatic carbocycles. The fourth-order valence-electron chi connectivity index (χ4n) is 2.99. The highest BCUT2D eigenvalue weighted by atomic mass is 127. The van der Waals surface area contributed by atoms with E-state index in [1.54, 1.807) is 13.1 Å². The molecular weight excluding hydrogens is 508 g/mol. The third-order valence-corrected chi connectivity index (χ3v) is 4.67. The number of halogens is 4. The minimum Gasteiger partial charge on any atom is -0.356 e. The van der Waals surface area contributed by atoms with Gasteiger partial charge in [0.1, 0.15) is 0 Å². The van der Waals surface area contributed by atoms with Gasteiger partial charge in [-0.05, 0) is 36.1 Å². The van der Waals surface area contributed by atoms with Crippen LogP contribution >= 0.6 is 24.0 Å². The van der Waals surface area contributed by atoms with Crippen molar-refractivity contribution in [2.24, 2.45) is 4.99 Å². The third-order valence-electron chi connectivity index (χ3n) is 4.67. The quantitative estimate of drug-likeness (QED) is 0.284. The number of guanidine groups is 1. The first kappa shape index (κ1) is 23.9. The maximum Gasteiger partial charge on any atom is 0.416 e. The Kier molecular flexibility index (Phi) is 8.44. The Balaban J connectivity index is 0.00000320. The van der Waals surface area contributed by atoms with Gasteiger partial charge >= 0.3 is 6.18 Å². The Morgan fingerprint density at radius 2 is 1.93 bits per heavy atom. The lowest BCUT2D eigenvalue weighted by Crippen LogP contribution is -2.38. The molecule has 0 saturated heterocycles. The molecule has 162 valence electrons. The zero-order chi connectivity index (χ0) is 20.9. The van der Waals surface area contributed by atoms with Gasteiger partial charge in [-0.25, -0.2) is 0 Å². The predicted molar refractivity (Wildman–Crippen MR) is 121 cm³/mol. The van der Waals surface area contributed by atoms with Crippen molar-refractivity contribution in [3.63, 3.8) is 0 Å². The monoisotopic (exact) mass is 532 g/mol. The molecule has 2 heterocycles. The number of benzene rings is 1. The number of nitrogens with one attached hydrogen (secondary N) is 2. The zero-order valence-corrected chi connectivity index (χ0v) is 19.0. The van der Waals surface area contributed by atoms with Crippen molar-refractivity contribution < 1.29 is 13.2 Å². The van der Waals surface area contributed by atoms with Crippen LogP contribution < -0.4 is 10.6 Å². The number of pyridine rings is 1. The average Bonchev–Trinajstić information content (AvgIpc) is 3.13. The van der Waals surface area contributed by atoms with Crippen LogP contribution in [0.15, 0.2) is 53.7 Å². The molecule has 1 atom stereocenters. The molecule has 0 fully saturated rings. The summed E-state index contributed by atoms with van der Waals surface area (Å²) in [6.07, 6.45) is -1.78. The van der Waals surface area contributed by atoms with E-state index in [2.05, 4.69) is 25.8 Å². The van der Waals surface area contributed by atoms with E-state index in [1.165, 1.54) is 12.1 Å². The molecule has 0 aliphatic heterocycles. The molecule has 1 unspecified atom stereocenters. The van der Waals surface area contributed by atoms with Crippen molar-refractivity contribution in [2.45, 2.75) is 32.0 Å². The van der Waals surface area contributed by atoms with Gasteiger partial charge in [0, 0.05) is 19.8 Å². The van der Waals surface area contributed by atoms with Crippen LogP contribution in [0.4, 0.5) is 13.2 Å². The largest absolute Gasteiger partial charge is 0.416 e. The first-order valence-electron chi connectivity index (χ1n) is 9.29. The fraction of sp³-hybridized carbons (Fsp3) is 0.350. The highest BCUT2D eigenvalue weighted by Gasteiger charge is 2.30. The molecule has 0 saturated carbocycles. The Labute approximate surface area is 190 Å². The van der Waals surface area contributed by atoms with Crippen molar-refractivity contribution in [3.8, 4) is 0 Å². The molecule has 6 nitrogen and oxygen atoms in total. The number of alkyl halides is 3. The second kappa shape index (κ2) is 10.6. The topological polar surface area (TPSA) is 66.6 Å². The number of nitrogens with zero attached hydrogens (tertiary/aromatic N) is 4. The van der Waals surface area contributed by atoms with Crippen LogP contribution in [-0.2, 0) is 12.7 Å². The lowest BCUT2D eigenvalue weighted by atomic mass is 9.96. The maximum atomic E-state index is 12.9. The predicted octanol–water partition coefficient (Wildman–Crippen LogP) is 4.22. The molecule has 0 aliphatic carbocycles. The van der Waals surface area contributed by atoms with Gasteiger partial charge in [0.15, 0.2) is 17.4 Å². The van der Waals surface area contributed by atoms with Crippen molar-refractivity contribution in [3.05, 3.63) is 65.6 Å². The molecule has 0 radical (unpaired) electrons. The highest BCUT2D eigenvalue weighted by Crippen LogP contribution is 2.31. The van der Waals surface area contributed by atoms with Crippen LogP contribution in [0.2, 0.25) is 0 Å². The van der Waals surface area contributed by atoms with E-state index >= 15 is 0 Å². The molecule has 3 aromatic rings. The van der Waals surface area contributed by atoms with E-state index < -0.39 is 11.7 Å². The number of aromatic nitrogens is 3. The van der Waals surface area contributed by atoms with Gasteiger partial charge in [0.2, 0.25) is 0 Å². The summed E-state index contributed by atoms with van der Waals surface area (Å²) in [6, 6.07) is 11.2. The Hall–Kier alpha value is -2.37. The van der Waals surface area contributed by atoms with Gasteiger partial charge in [-0.3, -0.25) is 9.39 Å². The molecule has 3 rings (SSSR count). The fourth-order valence-corrected chi connectivity index (χ4v) is 2.99. The first-order valence-corrected chi connectivity index (χ1v) is 9.29. The lowest BCUT2D eigenvalue weighted by Gasteiger charge is -2.16. The van der Waals surface area contributed by atoms with E-state index in [0.717, 1.165) is 17.5 Å².